The van der Waals surface area contributed by atoms with Crippen LogP contribution < -0.4 is 5.32 Å². The van der Waals surface area contributed by atoms with Crippen molar-refractivity contribution in [2.75, 3.05) is 6.54 Å². The maximum Gasteiger partial charge on any atom is 0.317 e. The van der Waals surface area contributed by atoms with E-state index in [4.69, 9.17) is 0 Å². The molecule has 112 valence electrons. The van der Waals surface area contributed by atoms with E-state index in [2.05, 4.69) is 5.32 Å². The van der Waals surface area contributed by atoms with Gasteiger partial charge in [-0.05, 0) is 44.9 Å². The van der Waals surface area contributed by atoms with Gasteiger partial charge < -0.3 is 15.3 Å². The summed E-state index contributed by atoms with van der Waals surface area (Å²) in [5, 5.41) is 12.1. The molecule has 0 bridgehead atoms. The number of aryl methyl sites for hydroxylation is 1. The summed E-state index contributed by atoms with van der Waals surface area (Å²) >= 11 is 0. The monoisotopic (exact) mass is 282 g/mol. The maximum absolute atomic E-state index is 13.4. The number of rotatable bonds is 5. The number of carbonyl (C=O) groups excluding carboxylic acids is 1. The number of aliphatic hydroxyl groups excluding tert-OH is 1. The van der Waals surface area contributed by atoms with Crippen molar-refractivity contribution in [2.45, 2.75) is 46.4 Å². The molecule has 0 aromatic heterocycles. The summed E-state index contributed by atoms with van der Waals surface area (Å²) in [6.45, 7) is 7.63. The van der Waals surface area contributed by atoms with Crippen LogP contribution in [0, 0.1) is 12.7 Å². The lowest BCUT2D eigenvalue weighted by atomic mass is 10.1. The van der Waals surface area contributed by atoms with Crippen molar-refractivity contribution < 1.29 is 14.3 Å². The number of aliphatic hydroxyl groups is 1. The SMILES string of the molecule is Cc1ccc(CNC(=O)N(CC(C)O)C(C)C)cc1F. The molecule has 1 rings (SSSR count). The van der Waals surface area contributed by atoms with E-state index in [0.29, 0.717) is 11.1 Å². The van der Waals surface area contributed by atoms with Crippen molar-refractivity contribution in [2.24, 2.45) is 0 Å². The van der Waals surface area contributed by atoms with Crippen LogP contribution in [-0.4, -0.2) is 34.7 Å². The zero-order valence-corrected chi connectivity index (χ0v) is 12.5. The molecule has 1 aromatic carbocycles. The Kier molecular flexibility index (Phi) is 5.95. The van der Waals surface area contributed by atoms with Gasteiger partial charge in [-0.15, -0.1) is 0 Å². The average Bonchev–Trinajstić information content (AvgIpc) is 2.36. The quantitative estimate of drug-likeness (QED) is 0.871. The minimum absolute atomic E-state index is 0.0145. The summed E-state index contributed by atoms with van der Waals surface area (Å²) < 4.78 is 13.4. The van der Waals surface area contributed by atoms with Crippen LogP contribution in [0.2, 0.25) is 0 Å². The van der Waals surface area contributed by atoms with E-state index in [0.717, 1.165) is 0 Å². The molecule has 0 spiro atoms. The maximum atomic E-state index is 13.4. The molecule has 20 heavy (non-hydrogen) atoms. The first-order valence-corrected chi connectivity index (χ1v) is 6.78. The third-order valence-corrected chi connectivity index (χ3v) is 3.03. The van der Waals surface area contributed by atoms with Gasteiger partial charge in [0.15, 0.2) is 0 Å². The van der Waals surface area contributed by atoms with Crippen LogP contribution in [0.15, 0.2) is 18.2 Å². The van der Waals surface area contributed by atoms with E-state index in [1.54, 1.807) is 30.9 Å². The zero-order valence-electron chi connectivity index (χ0n) is 12.5. The van der Waals surface area contributed by atoms with Gasteiger partial charge in [-0.2, -0.15) is 0 Å². The summed E-state index contributed by atoms with van der Waals surface area (Å²) in [6.07, 6.45) is -0.583. The van der Waals surface area contributed by atoms with Crippen LogP contribution in [0.4, 0.5) is 9.18 Å². The summed E-state index contributed by atoms with van der Waals surface area (Å²) in [5.41, 5.74) is 1.29. The molecule has 0 radical (unpaired) electrons. The van der Waals surface area contributed by atoms with Crippen molar-refractivity contribution >= 4 is 6.03 Å². The van der Waals surface area contributed by atoms with Crippen molar-refractivity contribution in [3.63, 3.8) is 0 Å². The molecule has 1 aromatic rings. The van der Waals surface area contributed by atoms with Crippen molar-refractivity contribution in [1.82, 2.24) is 10.2 Å². The lowest BCUT2D eigenvalue weighted by molar-refractivity contribution is 0.118. The molecule has 0 aliphatic rings. The first-order valence-electron chi connectivity index (χ1n) is 6.78. The Bertz CT molecular complexity index is 461. The van der Waals surface area contributed by atoms with Crippen LogP contribution >= 0.6 is 0 Å². The minimum Gasteiger partial charge on any atom is -0.392 e. The van der Waals surface area contributed by atoms with E-state index < -0.39 is 6.10 Å². The second-order valence-corrected chi connectivity index (χ2v) is 5.34. The molecule has 0 saturated carbocycles. The molecule has 2 N–H and O–H groups in total. The van der Waals surface area contributed by atoms with Gasteiger partial charge in [0.05, 0.1) is 6.10 Å². The third-order valence-electron chi connectivity index (χ3n) is 3.03. The van der Waals surface area contributed by atoms with Crippen LogP contribution in [0.25, 0.3) is 0 Å². The van der Waals surface area contributed by atoms with Crippen molar-refractivity contribution in [3.8, 4) is 0 Å². The molecule has 1 atom stereocenters. The lowest BCUT2D eigenvalue weighted by Gasteiger charge is -2.28. The molecular weight excluding hydrogens is 259 g/mol. The predicted molar refractivity (Wildman–Crippen MR) is 76.9 cm³/mol. The number of benzene rings is 1. The Labute approximate surface area is 119 Å². The van der Waals surface area contributed by atoms with Gasteiger partial charge >= 0.3 is 6.03 Å². The largest absolute Gasteiger partial charge is 0.392 e. The van der Waals surface area contributed by atoms with E-state index >= 15 is 0 Å². The van der Waals surface area contributed by atoms with Gasteiger partial charge in [0.1, 0.15) is 5.82 Å². The van der Waals surface area contributed by atoms with Crippen LogP contribution in [0.3, 0.4) is 0 Å². The predicted octanol–water partition coefficient (Wildman–Crippen LogP) is 2.43. The average molecular weight is 282 g/mol. The highest BCUT2D eigenvalue weighted by Crippen LogP contribution is 2.09. The fourth-order valence-corrected chi connectivity index (χ4v) is 1.84. The third kappa shape index (κ3) is 4.81. The Hall–Kier alpha value is -1.62. The van der Waals surface area contributed by atoms with Gasteiger partial charge in [-0.3, -0.25) is 0 Å². The number of nitrogens with zero attached hydrogens (tertiary/aromatic N) is 1. The molecule has 4 nitrogen and oxygen atoms in total. The fourth-order valence-electron chi connectivity index (χ4n) is 1.84. The minimum atomic E-state index is -0.583. The number of carbonyl (C=O) groups is 1. The van der Waals surface area contributed by atoms with Crippen LogP contribution in [-0.2, 0) is 6.54 Å². The second-order valence-electron chi connectivity index (χ2n) is 5.34. The first-order chi connectivity index (χ1) is 9.31. The number of hydrogen-bond acceptors (Lipinski definition) is 2. The molecule has 0 aliphatic heterocycles. The van der Waals surface area contributed by atoms with Gasteiger partial charge in [0, 0.05) is 19.1 Å². The van der Waals surface area contributed by atoms with Gasteiger partial charge in [-0.25, -0.2) is 9.18 Å². The highest BCUT2D eigenvalue weighted by molar-refractivity contribution is 5.74. The normalized spacial score (nSPS) is 12.3. The molecule has 0 aliphatic carbocycles. The fraction of sp³-hybridized carbons (Fsp3) is 0.533. The number of amides is 2. The number of urea groups is 1. The summed E-state index contributed by atoms with van der Waals surface area (Å²) in [6, 6.07) is 4.62. The zero-order chi connectivity index (χ0) is 15.3. The highest BCUT2D eigenvalue weighted by atomic mass is 19.1. The van der Waals surface area contributed by atoms with Gasteiger partial charge in [0.2, 0.25) is 0 Å². The number of halogens is 1. The summed E-state index contributed by atoms with van der Waals surface area (Å²) in [7, 11) is 0. The molecular formula is C15H23FN2O2. The Balaban J connectivity index is 2.62. The molecule has 0 fully saturated rings. The Morgan fingerprint density at radius 2 is 2.05 bits per heavy atom. The molecule has 2 amide bonds. The Morgan fingerprint density at radius 1 is 1.40 bits per heavy atom. The highest BCUT2D eigenvalue weighted by Gasteiger charge is 2.18. The molecule has 0 heterocycles. The lowest BCUT2D eigenvalue weighted by Crippen LogP contribution is -2.46. The van der Waals surface area contributed by atoms with Crippen molar-refractivity contribution in [1.29, 1.82) is 0 Å². The van der Waals surface area contributed by atoms with E-state index in [1.165, 1.54) is 6.07 Å². The summed E-state index contributed by atoms with van der Waals surface area (Å²) in [5.74, 6) is -0.276. The second kappa shape index (κ2) is 7.24. The van der Waals surface area contributed by atoms with Gasteiger partial charge in [-0.1, -0.05) is 12.1 Å². The smallest absolute Gasteiger partial charge is 0.317 e. The molecule has 1 unspecified atom stereocenters. The standard InChI is InChI=1S/C15H23FN2O2/c1-10(2)18(9-12(4)19)15(20)17-8-13-6-5-11(3)14(16)7-13/h5-7,10,12,19H,8-9H2,1-4H3,(H,17,20). The molecule has 5 heteroatoms. The Morgan fingerprint density at radius 3 is 2.55 bits per heavy atom. The van der Waals surface area contributed by atoms with Crippen molar-refractivity contribution in [3.05, 3.63) is 35.1 Å². The number of hydrogen-bond donors (Lipinski definition) is 2. The number of nitrogens with one attached hydrogen (secondary N) is 1. The summed E-state index contributed by atoms with van der Waals surface area (Å²) in [4.78, 5) is 13.6. The topological polar surface area (TPSA) is 52.6 Å². The van der Waals surface area contributed by atoms with E-state index in [1.807, 2.05) is 13.8 Å². The van der Waals surface area contributed by atoms with Crippen LogP contribution in [0.5, 0.6) is 0 Å². The van der Waals surface area contributed by atoms with Crippen LogP contribution in [0.1, 0.15) is 31.9 Å². The van der Waals surface area contributed by atoms with E-state index in [9.17, 15) is 14.3 Å². The first kappa shape index (κ1) is 16.4. The van der Waals surface area contributed by atoms with Gasteiger partial charge in [0.25, 0.3) is 0 Å². The molecule has 0 saturated heterocycles. The van der Waals surface area contributed by atoms with E-state index in [-0.39, 0.29) is 31.0 Å².